The third kappa shape index (κ3) is 6.08. The molecule has 0 saturated heterocycles. The van der Waals surface area contributed by atoms with Gasteiger partial charge in [-0.15, -0.1) is 0 Å². The summed E-state index contributed by atoms with van der Waals surface area (Å²) < 4.78 is 10.7. The molecule has 0 radical (unpaired) electrons. The molecule has 2 aromatic carbocycles. The van der Waals surface area contributed by atoms with E-state index in [1.807, 2.05) is 26.0 Å². The zero-order valence-electron chi connectivity index (χ0n) is 15.0. The maximum atomic E-state index is 12.1. The summed E-state index contributed by atoms with van der Waals surface area (Å²) >= 11 is 5.82. The third-order valence-corrected chi connectivity index (χ3v) is 3.75. The van der Waals surface area contributed by atoms with Crippen molar-refractivity contribution in [3.05, 3.63) is 64.7 Å². The van der Waals surface area contributed by atoms with Crippen LogP contribution in [0, 0.1) is 0 Å². The Morgan fingerprint density at radius 2 is 1.62 bits per heavy atom. The number of hydrogen-bond donors (Lipinski definition) is 1. The van der Waals surface area contributed by atoms with Gasteiger partial charge in [0.05, 0.1) is 11.7 Å². The van der Waals surface area contributed by atoms with Crippen molar-refractivity contribution < 1.29 is 19.1 Å². The van der Waals surface area contributed by atoms with Gasteiger partial charge in [-0.25, -0.2) is 4.79 Å². The van der Waals surface area contributed by atoms with Crippen LogP contribution in [-0.4, -0.2) is 24.1 Å². The van der Waals surface area contributed by atoms with Crippen LogP contribution in [0.1, 0.15) is 36.7 Å². The van der Waals surface area contributed by atoms with E-state index in [0.29, 0.717) is 22.9 Å². The summed E-state index contributed by atoms with van der Waals surface area (Å²) in [5.74, 6) is -0.256. The Kier molecular flexibility index (Phi) is 7.04. The lowest BCUT2D eigenvalue weighted by atomic mass is 10.2. The molecule has 5 nitrogen and oxygen atoms in total. The SMILES string of the molecule is CC(C)Oc1ccc(C(=O)OC(C)C(=O)NCc2ccc(Cl)cc2)cc1. The molecule has 2 rings (SSSR count). The van der Waals surface area contributed by atoms with E-state index < -0.39 is 12.1 Å². The summed E-state index contributed by atoms with van der Waals surface area (Å²) in [5, 5.41) is 3.36. The molecule has 0 aliphatic heterocycles. The standard InChI is InChI=1S/C20H22ClNO4/c1-13(2)25-18-10-6-16(7-11-18)20(24)26-14(3)19(23)22-12-15-4-8-17(21)9-5-15/h4-11,13-14H,12H2,1-3H3,(H,22,23). The molecule has 0 bridgehead atoms. The number of halogens is 1. The summed E-state index contributed by atoms with van der Waals surface area (Å²) in [5.41, 5.74) is 1.26. The second-order valence-corrected chi connectivity index (χ2v) is 6.52. The predicted molar refractivity (Wildman–Crippen MR) is 100 cm³/mol. The highest BCUT2D eigenvalue weighted by Gasteiger charge is 2.18. The van der Waals surface area contributed by atoms with Crippen molar-refractivity contribution in [2.24, 2.45) is 0 Å². The first-order valence-electron chi connectivity index (χ1n) is 8.35. The van der Waals surface area contributed by atoms with Gasteiger partial charge in [0.15, 0.2) is 6.10 Å². The summed E-state index contributed by atoms with van der Waals surface area (Å²) in [6.07, 6.45) is -0.849. The number of carbonyl (C=O) groups excluding carboxylic acids is 2. The van der Waals surface area contributed by atoms with Crippen LogP contribution in [0.4, 0.5) is 0 Å². The van der Waals surface area contributed by atoms with E-state index in [4.69, 9.17) is 21.1 Å². The summed E-state index contributed by atoms with van der Waals surface area (Å²) in [7, 11) is 0. The van der Waals surface area contributed by atoms with Gasteiger partial charge in [-0.2, -0.15) is 0 Å². The van der Waals surface area contributed by atoms with Gasteiger partial charge < -0.3 is 14.8 Å². The van der Waals surface area contributed by atoms with Crippen molar-refractivity contribution in [2.45, 2.75) is 39.5 Å². The van der Waals surface area contributed by atoms with Crippen LogP contribution < -0.4 is 10.1 Å². The fraction of sp³-hybridized carbons (Fsp3) is 0.300. The number of carbonyl (C=O) groups is 2. The first-order chi connectivity index (χ1) is 12.3. The Labute approximate surface area is 158 Å². The highest BCUT2D eigenvalue weighted by atomic mass is 35.5. The largest absolute Gasteiger partial charge is 0.491 e. The van der Waals surface area contributed by atoms with Crippen LogP contribution >= 0.6 is 11.6 Å². The summed E-state index contributed by atoms with van der Waals surface area (Å²) in [6, 6.07) is 13.7. The van der Waals surface area contributed by atoms with Crippen LogP contribution in [0.25, 0.3) is 0 Å². The molecule has 1 amide bonds. The van der Waals surface area contributed by atoms with E-state index in [-0.39, 0.29) is 12.0 Å². The lowest BCUT2D eigenvalue weighted by molar-refractivity contribution is -0.129. The fourth-order valence-electron chi connectivity index (χ4n) is 2.16. The second-order valence-electron chi connectivity index (χ2n) is 6.08. The fourth-order valence-corrected chi connectivity index (χ4v) is 2.29. The minimum absolute atomic E-state index is 0.0529. The third-order valence-electron chi connectivity index (χ3n) is 3.49. The minimum atomic E-state index is -0.901. The Hall–Kier alpha value is -2.53. The van der Waals surface area contributed by atoms with Gasteiger partial charge >= 0.3 is 5.97 Å². The molecular formula is C20H22ClNO4. The van der Waals surface area contributed by atoms with Crippen molar-refractivity contribution in [3.8, 4) is 5.75 Å². The first kappa shape index (κ1) is 19.8. The zero-order valence-corrected chi connectivity index (χ0v) is 15.7. The van der Waals surface area contributed by atoms with Gasteiger partial charge in [0.1, 0.15) is 5.75 Å². The predicted octanol–water partition coefficient (Wildman–Crippen LogP) is 3.99. The zero-order chi connectivity index (χ0) is 19.1. The van der Waals surface area contributed by atoms with E-state index >= 15 is 0 Å². The number of rotatable bonds is 7. The van der Waals surface area contributed by atoms with E-state index in [2.05, 4.69) is 5.32 Å². The van der Waals surface area contributed by atoms with Crippen LogP contribution in [0.15, 0.2) is 48.5 Å². The van der Waals surface area contributed by atoms with Gasteiger partial charge in [-0.1, -0.05) is 23.7 Å². The molecule has 0 fully saturated rings. The molecule has 1 N–H and O–H groups in total. The van der Waals surface area contributed by atoms with Crippen LogP contribution in [0.5, 0.6) is 5.75 Å². The van der Waals surface area contributed by atoms with Crippen molar-refractivity contribution >= 4 is 23.5 Å². The average Bonchev–Trinajstić information content (AvgIpc) is 2.61. The Morgan fingerprint density at radius 3 is 2.19 bits per heavy atom. The highest BCUT2D eigenvalue weighted by molar-refractivity contribution is 6.30. The second kappa shape index (κ2) is 9.25. The van der Waals surface area contributed by atoms with E-state index in [1.54, 1.807) is 36.4 Å². The molecule has 1 unspecified atom stereocenters. The first-order valence-corrected chi connectivity index (χ1v) is 8.73. The summed E-state index contributed by atoms with van der Waals surface area (Å²) in [4.78, 5) is 24.2. The number of hydrogen-bond acceptors (Lipinski definition) is 4. The summed E-state index contributed by atoms with van der Waals surface area (Å²) in [6.45, 7) is 5.71. The maximum Gasteiger partial charge on any atom is 0.338 e. The maximum absolute atomic E-state index is 12.1. The smallest absolute Gasteiger partial charge is 0.338 e. The quantitative estimate of drug-likeness (QED) is 0.743. The van der Waals surface area contributed by atoms with Crippen LogP contribution in [0.3, 0.4) is 0 Å². The molecule has 138 valence electrons. The topological polar surface area (TPSA) is 64.6 Å². The van der Waals surface area contributed by atoms with Crippen molar-refractivity contribution in [1.82, 2.24) is 5.32 Å². The number of esters is 1. The number of amides is 1. The molecule has 2 aromatic rings. The van der Waals surface area contributed by atoms with E-state index in [0.717, 1.165) is 5.56 Å². The highest BCUT2D eigenvalue weighted by Crippen LogP contribution is 2.15. The molecule has 0 saturated carbocycles. The van der Waals surface area contributed by atoms with Crippen molar-refractivity contribution in [1.29, 1.82) is 0 Å². The van der Waals surface area contributed by atoms with Gasteiger partial charge in [-0.05, 0) is 62.7 Å². The van der Waals surface area contributed by atoms with E-state index in [1.165, 1.54) is 6.92 Å². The van der Waals surface area contributed by atoms with Gasteiger partial charge in [0.25, 0.3) is 5.91 Å². The minimum Gasteiger partial charge on any atom is -0.491 e. The monoisotopic (exact) mass is 375 g/mol. The Morgan fingerprint density at radius 1 is 1.00 bits per heavy atom. The molecule has 0 aliphatic rings. The Balaban J connectivity index is 1.85. The van der Waals surface area contributed by atoms with E-state index in [9.17, 15) is 9.59 Å². The average molecular weight is 376 g/mol. The number of nitrogens with one attached hydrogen (secondary N) is 1. The molecule has 0 spiro atoms. The molecule has 0 aromatic heterocycles. The van der Waals surface area contributed by atoms with Gasteiger partial charge in [-0.3, -0.25) is 4.79 Å². The molecular weight excluding hydrogens is 354 g/mol. The lowest BCUT2D eigenvalue weighted by Gasteiger charge is -2.14. The van der Waals surface area contributed by atoms with Crippen molar-refractivity contribution in [3.63, 3.8) is 0 Å². The van der Waals surface area contributed by atoms with Crippen molar-refractivity contribution in [2.75, 3.05) is 0 Å². The normalized spacial score (nSPS) is 11.7. The van der Waals surface area contributed by atoms with Gasteiger partial charge in [0, 0.05) is 11.6 Å². The Bertz CT molecular complexity index is 741. The molecule has 6 heteroatoms. The number of ether oxygens (including phenoxy) is 2. The van der Waals surface area contributed by atoms with Crippen LogP contribution in [-0.2, 0) is 16.1 Å². The molecule has 1 atom stereocenters. The number of benzene rings is 2. The van der Waals surface area contributed by atoms with Gasteiger partial charge in [0.2, 0.25) is 0 Å². The molecule has 0 aliphatic carbocycles. The molecule has 0 heterocycles. The molecule has 26 heavy (non-hydrogen) atoms. The lowest BCUT2D eigenvalue weighted by Crippen LogP contribution is -2.35. The van der Waals surface area contributed by atoms with Crippen LogP contribution in [0.2, 0.25) is 5.02 Å².